The Morgan fingerprint density at radius 3 is 2.62 bits per heavy atom. The molecule has 1 aliphatic rings. The zero-order chi connectivity index (χ0) is 21.0. The first-order chi connectivity index (χ1) is 13.9. The summed E-state index contributed by atoms with van der Waals surface area (Å²) in [6.07, 6.45) is 4.51. The largest absolute Gasteiger partial charge is 0.489 e. The quantitative estimate of drug-likeness (QED) is 0.747. The van der Waals surface area contributed by atoms with Crippen LogP contribution in [-0.4, -0.2) is 57.8 Å². The van der Waals surface area contributed by atoms with Gasteiger partial charge in [-0.25, -0.2) is 9.97 Å². The maximum Gasteiger partial charge on any atom is 0.257 e. The van der Waals surface area contributed by atoms with Crippen LogP contribution in [0.15, 0.2) is 36.8 Å². The summed E-state index contributed by atoms with van der Waals surface area (Å²) in [6.45, 7) is 4.79. The normalized spacial score (nSPS) is 15.7. The Kier molecular flexibility index (Phi) is 6.69. The van der Waals surface area contributed by atoms with E-state index in [-0.39, 0.29) is 24.0 Å². The number of carbonyl (C=O) groups is 2. The van der Waals surface area contributed by atoms with Crippen LogP contribution in [0.2, 0.25) is 5.02 Å². The van der Waals surface area contributed by atoms with Crippen LogP contribution >= 0.6 is 11.6 Å². The lowest BCUT2D eigenvalue weighted by atomic mass is 10.1. The van der Waals surface area contributed by atoms with E-state index in [1.165, 1.54) is 6.33 Å². The fraction of sp³-hybridized carbons (Fsp3) is 0.429. The second-order valence-corrected chi connectivity index (χ2v) is 7.63. The lowest BCUT2D eigenvalue weighted by Crippen LogP contribution is -2.40. The van der Waals surface area contributed by atoms with Crippen LogP contribution in [0, 0.1) is 0 Å². The molecule has 1 saturated heterocycles. The van der Waals surface area contributed by atoms with E-state index in [4.69, 9.17) is 16.3 Å². The third-order valence-electron chi connectivity index (χ3n) is 5.29. The molecular formula is C21H25ClN4O3. The van der Waals surface area contributed by atoms with Crippen molar-refractivity contribution in [2.45, 2.75) is 38.8 Å². The molecule has 0 aliphatic carbocycles. The lowest BCUT2D eigenvalue weighted by Gasteiger charge is -2.32. The molecule has 7 nitrogen and oxygen atoms in total. The molecule has 8 heteroatoms. The van der Waals surface area contributed by atoms with Crippen molar-refractivity contribution in [2.75, 3.05) is 20.1 Å². The second kappa shape index (κ2) is 9.22. The van der Waals surface area contributed by atoms with E-state index in [9.17, 15) is 9.59 Å². The number of rotatable bonds is 5. The van der Waals surface area contributed by atoms with E-state index >= 15 is 0 Å². The first-order valence-corrected chi connectivity index (χ1v) is 9.99. The second-order valence-electron chi connectivity index (χ2n) is 7.19. The van der Waals surface area contributed by atoms with Crippen molar-refractivity contribution in [3.63, 3.8) is 0 Å². The van der Waals surface area contributed by atoms with E-state index in [1.807, 2.05) is 11.8 Å². The number of hydrogen-bond donors (Lipinski definition) is 0. The van der Waals surface area contributed by atoms with E-state index < -0.39 is 0 Å². The number of likely N-dealkylation sites (tertiary alicyclic amines) is 1. The van der Waals surface area contributed by atoms with Crippen molar-refractivity contribution in [2.24, 2.45) is 0 Å². The molecule has 1 atom stereocenters. The Balaban J connectivity index is 1.76. The average molecular weight is 417 g/mol. The molecule has 1 aromatic heterocycles. The standard InChI is InChI=1S/C21H25ClN4O3/c1-14(19-6-9-23-13-24-19)25(3)21(28)18-12-16(22)4-5-20(18)29-17-7-10-26(11-8-17)15(2)27/h4-6,9,12-14,17H,7-8,10-11H2,1-3H3. The van der Waals surface area contributed by atoms with Gasteiger partial charge in [-0.2, -0.15) is 0 Å². The third kappa shape index (κ3) is 5.03. The van der Waals surface area contributed by atoms with Gasteiger partial charge in [0.15, 0.2) is 0 Å². The summed E-state index contributed by atoms with van der Waals surface area (Å²) in [5.41, 5.74) is 1.16. The smallest absolute Gasteiger partial charge is 0.257 e. The Morgan fingerprint density at radius 2 is 2.00 bits per heavy atom. The number of amides is 2. The zero-order valence-electron chi connectivity index (χ0n) is 16.8. The van der Waals surface area contributed by atoms with Crippen molar-refractivity contribution >= 4 is 23.4 Å². The van der Waals surface area contributed by atoms with Gasteiger partial charge in [0, 0.05) is 51.1 Å². The summed E-state index contributed by atoms with van der Waals surface area (Å²) in [5.74, 6) is 0.378. The van der Waals surface area contributed by atoms with Gasteiger partial charge in [0.05, 0.1) is 17.3 Å². The number of aromatic nitrogens is 2. The van der Waals surface area contributed by atoms with Crippen molar-refractivity contribution in [1.29, 1.82) is 0 Å². The molecule has 2 heterocycles. The highest BCUT2D eigenvalue weighted by atomic mass is 35.5. The fourth-order valence-electron chi connectivity index (χ4n) is 3.35. The minimum Gasteiger partial charge on any atom is -0.489 e. The molecular weight excluding hydrogens is 392 g/mol. The van der Waals surface area contributed by atoms with Crippen molar-refractivity contribution in [3.8, 4) is 5.75 Å². The molecule has 1 unspecified atom stereocenters. The van der Waals surface area contributed by atoms with Gasteiger partial charge in [0.2, 0.25) is 5.91 Å². The van der Waals surface area contributed by atoms with Crippen LogP contribution in [0.1, 0.15) is 48.8 Å². The van der Waals surface area contributed by atoms with Gasteiger partial charge >= 0.3 is 0 Å². The molecule has 1 aromatic carbocycles. The lowest BCUT2D eigenvalue weighted by molar-refractivity contribution is -0.130. The van der Waals surface area contributed by atoms with Crippen LogP contribution in [0.3, 0.4) is 0 Å². The number of piperidine rings is 1. The molecule has 29 heavy (non-hydrogen) atoms. The van der Waals surface area contributed by atoms with E-state index in [2.05, 4.69) is 9.97 Å². The third-order valence-corrected chi connectivity index (χ3v) is 5.52. The fourth-order valence-corrected chi connectivity index (χ4v) is 3.52. The SMILES string of the molecule is CC(=O)N1CCC(Oc2ccc(Cl)cc2C(=O)N(C)C(C)c2ccncn2)CC1. The molecule has 2 aromatic rings. The van der Waals surface area contributed by atoms with E-state index in [0.717, 1.165) is 18.5 Å². The Bertz CT molecular complexity index is 869. The van der Waals surface area contributed by atoms with Crippen LogP contribution in [-0.2, 0) is 4.79 Å². The predicted octanol–water partition coefficient (Wildman–Crippen LogP) is 3.35. The molecule has 1 aliphatic heterocycles. The molecule has 0 N–H and O–H groups in total. The molecule has 1 fully saturated rings. The molecule has 0 bridgehead atoms. The van der Waals surface area contributed by atoms with Gasteiger partial charge < -0.3 is 14.5 Å². The number of ether oxygens (including phenoxy) is 1. The summed E-state index contributed by atoms with van der Waals surface area (Å²) in [6, 6.07) is 6.62. The number of nitrogens with zero attached hydrogens (tertiary/aromatic N) is 4. The molecule has 154 valence electrons. The highest BCUT2D eigenvalue weighted by molar-refractivity contribution is 6.31. The Labute approximate surface area is 175 Å². The van der Waals surface area contributed by atoms with Crippen molar-refractivity contribution in [3.05, 3.63) is 53.1 Å². The van der Waals surface area contributed by atoms with Gasteiger partial charge in [-0.15, -0.1) is 0 Å². The highest BCUT2D eigenvalue weighted by Crippen LogP contribution is 2.29. The Hall–Kier alpha value is -2.67. The minimum absolute atomic E-state index is 0.0529. The summed E-state index contributed by atoms with van der Waals surface area (Å²) < 4.78 is 6.16. The zero-order valence-corrected chi connectivity index (χ0v) is 17.6. The van der Waals surface area contributed by atoms with Gasteiger partial charge in [-0.05, 0) is 31.2 Å². The number of halogens is 1. The molecule has 0 saturated carbocycles. The van der Waals surface area contributed by atoms with Gasteiger partial charge in [0.25, 0.3) is 5.91 Å². The van der Waals surface area contributed by atoms with Crippen LogP contribution in [0.5, 0.6) is 5.75 Å². The summed E-state index contributed by atoms with van der Waals surface area (Å²) in [7, 11) is 1.73. The van der Waals surface area contributed by atoms with Crippen LogP contribution in [0.4, 0.5) is 0 Å². The van der Waals surface area contributed by atoms with Crippen LogP contribution < -0.4 is 4.74 Å². The minimum atomic E-state index is -0.240. The topological polar surface area (TPSA) is 75.6 Å². The molecule has 3 rings (SSSR count). The first kappa shape index (κ1) is 21.0. The maximum atomic E-state index is 13.2. The van der Waals surface area contributed by atoms with Gasteiger partial charge in [-0.3, -0.25) is 9.59 Å². The predicted molar refractivity (Wildman–Crippen MR) is 110 cm³/mol. The van der Waals surface area contributed by atoms with Crippen molar-refractivity contribution in [1.82, 2.24) is 19.8 Å². The highest BCUT2D eigenvalue weighted by Gasteiger charge is 2.26. The first-order valence-electron chi connectivity index (χ1n) is 9.61. The number of carbonyl (C=O) groups excluding carboxylic acids is 2. The maximum absolute atomic E-state index is 13.2. The molecule has 2 amide bonds. The summed E-state index contributed by atoms with van der Waals surface area (Å²) in [4.78, 5) is 36.3. The monoisotopic (exact) mass is 416 g/mol. The number of hydrogen-bond acceptors (Lipinski definition) is 5. The van der Waals surface area contributed by atoms with Gasteiger partial charge in [-0.1, -0.05) is 11.6 Å². The average Bonchev–Trinajstić information content (AvgIpc) is 2.74. The van der Waals surface area contributed by atoms with E-state index in [0.29, 0.717) is 29.4 Å². The summed E-state index contributed by atoms with van der Waals surface area (Å²) >= 11 is 6.17. The summed E-state index contributed by atoms with van der Waals surface area (Å²) in [5, 5.41) is 0.468. The van der Waals surface area contributed by atoms with Crippen LogP contribution in [0.25, 0.3) is 0 Å². The van der Waals surface area contributed by atoms with Gasteiger partial charge in [0.1, 0.15) is 18.2 Å². The Morgan fingerprint density at radius 1 is 1.28 bits per heavy atom. The molecule has 0 spiro atoms. The van der Waals surface area contributed by atoms with Crippen molar-refractivity contribution < 1.29 is 14.3 Å². The van der Waals surface area contributed by atoms with E-state index in [1.54, 1.807) is 49.3 Å². The molecule has 0 radical (unpaired) electrons. The number of benzene rings is 1.